The Morgan fingerprint density at radius 1 is 1.10 bits per heavy atom. The molecule has 0 spiro atoms. The second kappa shape index (κ2) is 11.1. The zero-order valence-electron chi connectivity index (χ0n) is 17.4. The van der Waals surface area contributed by atoms with Crippen molar-refractivity contribution in [2.75, 3.05) is 62.7 Å². The molecule has 2 fully saturated rings. The number of thiazole rings is 1. The Labute approximate surface area is 199 Å². The molecule has 1 aromatic carbocycles. The number of benzene rings is 1. The summed E-state index contributed by atoms with van der Waals surface area (Å²) in [5, 5.41) is 6.80. The van der Waals surface area contributed by atoms with Crippen LogP contribution in [0.5, 0.6) is 0 Å². The Hall–Kier alpha value is -1.62. The van der Waals surface area contributed by atoms with Gasteiger partial charge in [-0.25, -0.2) is 9.37 Å². The van der Waals surface area contributed by atoms with Crippen molar-refractivity contribution in [2.45, 2.75) is 19.3 Å². The largest absolute Gasteiger partial charge is 0.366 e. The quantitative estimate of drug-likeness (QED) is 0.355. The van der Waals surface area contributed by atoms with Crippen molar-refractivity contribution in [3.8, 4) is 0 Å². The molecule has 0 bridgehead atoms. The van der Waals surface area contributed by atoms with Crippen LogP contribution >= 0.6 is 35.3 Å². The fourth-order valence-corrected chi connectivity index (χ4v) is 4.88. The number of nitrogens with zero attached hydrogens (tertiary/aromatic N) is 5. The lowest BCUT2D eigenvalue weighted by Gasteiger charge is -2.37. The van der Waals surface area contributed by atoms with Gasteiger partial charge in [-0.1, -0.05) is 12.1 Å². The van der Waals surface area contributed by atoms with Crippen LogP contribution in [0, 0.1) is 5.82 Å². The molecule has 3 heterocycles. The van der Waals surface area contributed by atoms with E-state index in [1.54, 1.807) is 17.4 Å². The summed E-state index contributed by atoms with van der Waals surface area (Å²) in [5.41, 5.74) is 1.83. The highest BCUT2D eigenvalue weighted by Gasteiger charge is 2.21. The van der Waals surface area contributed by atoms with E-state index in [4.69, 9.17) is 4.98 Å². The van der Waals surface area contributed by atoms with Gasteiger partial charge in [0.1, 0.15) is 5.82 Å². The lowest BCUT2D eigenvalue weighted by molar-refractivity contribution is 0.371. The molecule has 1 aromatic heterocycles. The molecular weight excluding hydrogens is 514 g/mol. The number of hydrogen-bond acceptors (Lipinski definition) is 5. The van der Waals surface area contributed by atoms with Gasteiger partial charge in [-0.15, -0.1) is 35.3 Å². The molecule has 1 N–H and O–H groups in total. The third-order valence-corrected chi connectivity index (χ3v) is 6.51. The number of nitrogens with one attached hydrogen (secondary N) is 1. The molecule has 0 atom stereocenters. The molecule has 164 valence electrons. The van der Waals surface area contributed by atoms with Crippen molar-refractivity contribution in [1.82, 2.24) is 15.2 Å². The first-order valence-corrected chi connectivity index (χ1v) is 11.3. The number of hydrogen-bond donors (Lipinski definition) is 1. The fraction of sp³-hybridized carbons (Fsp3) is 0.524. The van der Waals surface area contributed by atoms with E-state index in [1.807, 2.05) is 19.2 Å². The average molecular weight is 544 g/mol. The van der Waals surface area contributed by atoms with Gasteiger partial charge in [-0.3, -0.25) is 4.99 Å². The number of piperazine rings is 1. The maximum Gasteiger partial charge on any atom is 0.193 e. The molecule has 0 unspecified atom stereocenters. The van der Waals surface area contributed by atoms with Crippen molar-refractivity contribution in [2.24, 2.45) is 4.99 Å². The van der Waals surface area contributed by atoms with E-state index in [0.29, 0.717) is 5.69 Å². The summed E-state index contributed by atoms with van der Waals surface area (Å²) in [4.78, 5) is 16.0. The molecule has 9 heteroatoms. The average Bonchev–Trinajstić information content (AvgIpc) is 3.44. The molecule has 30 heavy (non-hydrogen) atoms. The normalized spacial score (nSPS) is 17.3. The van der Waals surface area contributed by atoms with Crippen LogP contribution in [0.2, 0.25) is 0 Å². The maximum atomic E-state index is 14.0. The number of guanidine groups is 1. The third-order valence-electron chi connectivity index (χ3n) is 5.56. The van der Waals surface area contributed by atoms with Gasteiger partial charge in [0.2, 0.25) is 0 Å². The predicted molar refractivity (Wildman–Crippen MR) is 134 cm³/mol. The minimum atomic E-state index is -0.153. The summed E-state index contributed by atoms with van der Waals surface area (Å²) in [5.74, 6) is 0.758. The predicted octanol–water partition coefficient (Wildman–Crippen LogP) is 3.44. The van der Waals surface area contributed by atoms with E-state index in [2.05, 4.69) is 30.4 Å². The van der Waals surface area contributed by atoms with Gasteiger partial charge >= 0.3 is 0 Å². The van der Waals surface area contributed by atoms with Crippen LogP contribution in [0.4, 0.5) is 15.2 Å². The Kier molecular flexibility index (Phi) is 8.55. The molecule has 2 aliphatic heterocycles. The third kappa shape index (κ3) is 5.54. The van der Waals surface area contributed by atoms with Crippen LogP contribution < -0.4 is 15.1 Å². The summed E-state index contributed by atoms with van der Waals surface area (Å²) in [7, 11) is 1.82. The second-order valence-corrected chi connectivity index (χ2v) is 8.30. The minimum Gasteiger partial charge on any atom is -0.366 e. The first-order chi connectivity index (χ1) is 14.2. The molecule has 4 rings (SSSR count). The summed E-state index contributed by atoms with van der Waals surface area (Å²) in [6, 6.07) is 6.99. The van der Waals surface area contributed by atoms with Gasteiger partial charge in [0.15, 0.2) is 11.1 Å². The number of para-hydroxylation sites is 1. The number of anilines is 2. The van der Waals surface area contributed by atoms with Crippen LogP contribution in [0.1, 0.15) is 18.5 Å². The zero-order valence-corrected chi connectivity index (χ0v) is 20.5. The molecule has 2 saturated heterocycles. The molecular formula is C21H30FIN6S. The molecule has 0 radical (unpaired) electrons. The maximum absolute atomic E-state index is 14.0. The van der Waals surface area contributed by atoms with E-state index in [-0.39, 0.29) is 29.8 Å². The van der Waals surface area contributed by atoms with Crippen molar-refractivity contribution in [3.63, 3.8) is 0 Å². The Morgan fingerprint density at radius 3 is 2.53 bits per heavy atom. The van der Waals surface area contributed by atoms with E-state index in [0.717, 1.165) is 69.0 Å². The Balaban J connectivity index is 0.00000256. The van der Waals surface area contributed by atoms with Gasteiger partial charge < -0.3 is 20.0 Å². The van der Waals surface area contributed by atoms with Crippen LogP contribution in [-0.4, -0.2) is 68.7 Å². The molecule has 2 aromatic rings. The van der Waals surface area contributed by atoms with Gasteiger partial charge in [0.25, 0.3) is 0 Å². The zero-order chi connectivity index (χ0) is 20.1. The van der Waals surface area contributed by atoms with E-state index < -0.39 is 0 Å². The smallest absolute Gasteiger partial charge is 0.193 e. The lowest BCUT2D eigenvalue weighted by atomic mass is 10.2. The number of aliphatic imine (C=N–C) groups is 1. The van der Waals surface area contributed by atoms with Crippen molar-refractivity contribution in [3.05, 3.63) is 41.2 Å². The van der Waals surface area contributed by atoms with Gasteiger partial charge in [-0.05, 0) is 25.0 Å². The first-order valence-electron chi connectivity index (χ1n) is 10.4. The topological polar surface area (TPSA) is 47.0 Å². The van der Waals surface area contributed by atoms with E-state index in [9.17, 15) is 4.39 Å². The fourth-order valence-electron chi connectivity index (χ4n) is 3.97. The van der Waals surface area contributed by atoms with Gasteiger partial charge in [0, 0.05) is 64.7 Å². The van der Waals surface area contributed by atoms with Crippen LogP contribution in [0.15, 0.2) is 34.6 Å². The van der Waals surface area contributed by atoms with Crippen LogP contribution in [0.25, 0.3) is 0 Å². The minimum absolute atomic E-state index is 0. The van der Waals surface area contributed by atoms with Crippen LogP contribution in [-0.2, 0) is 6.42 Å². The SMILES string of the molecule is CN=C(NCCc1csc(N2CCCC2)n1)N1CCN(c2ccccc2F)CC1.I. The standard InChI is InChI=1S/C21H29FN6S.HI/c1-23-20(24-9-8-17-16-29-21(25-17)28-10-4-5-11-28)27-14-12-26(13-15-27)19-7-3-2-6-18(19)22;/h2-3,6-7,16H,4-5,8-15H2,1H3,(H,23,24);1H. The molecule has 2 aliphatic rings. The van der Waals surface area contributed by atoms with Gasteiger partial charge in [-0.2, -0.15) is 0 Å². The second-order valence-electron chi connectivity index (χ2n) is 7.47. The van der Waals surface area contributed by atoms with E-state index in [1.165, 1.54) is 18.9 Å². The summed E-state index contributed by atoms with van der Waals surface area (Å²) < 4.78 is 14.0. The summed E-state index contributed by atoms with van der Waals surface area (Å²) in [6.45, 7) is 6.30. The highest BCUT2D eigenvalue weighted by molar-refractivity contribution is 14.0. The number of aromatic nitrogens is 1. The van der Waals surface area contributed by atoms with Crippen LogP contribution in [0.3, 0.4) is 0 Å². The van der Waals surface area contributed by atoms with Crippen molar-refractivity contribution >= 4 is 52.1 Å². The summed E-state index contributed by atoms with van der Waals surface area (Å²) in [6.07, 6.45) is 3.44. The van der Waals surface area contributed by atoms with E-state index >= 15 is 0 Å². The first kappa shape index (κ1) is 23.1. The molecule has 0 saturated carbocycles. The lowest BCUT2D eigenvalue weighted by Crippen LogP contribution is -2.53. The molecule has 0 amide bonds. The summed E-state index contributed by atoms with van der Waals surface area (Å²) >= 11 is 1.75. The highest BCUT2D eigenvalue weighted by atomic mass is 127. The number of halogens is 2. The van der Waals surface area contributed by atoms with Gasteiger partial charge in [0.05, 0.1) is 11.4 Å². The van der Waals surface area contributed by atoms with Crippen molar-refractivity contribution < 1.29 is 4.39 Å². The monoisotopic (exact) mass is 544 g/mol. The Bertz CT molecular complexity index is 830. The molecule has 0 aliphatic carbocycles. The Morgan fingerprint density at radius 2 is 1.83 bits per heavy atom. The number of rotatable bonds is 5. The molecule has 6 nitrogen and oxygen atoms in total. The van der Waals surface area contributed by atoms with Crippen molar-refractivity contribution in [1.29, 1.82) is 0 Å². The highest BCUT2D eigenvalue weighted by Crippen LogP contribution is 2.24.